The maximum Gasteiger partial charge on any atom is 0.338 e. The van der Waals surface area contributed by atoms with E-state index in [4.69, 9.17) is 9.15 Å². The molecule has 1 heterocycles. The van der Waals surface area contributed by atoms with E-state index in [-0.39, 0.29) is 18.3 Å². The Balaban J connectivity index is 1.62. The van der Waals surface area contributed by atoms with Crippen LogP contribution in [0.3, 0.4) is 0 Å². The maximum absolute atomic E-state index is 12.9. The highest BCUT2D eigenvalue weighted by Crippen LogP contribution is 2.21. The van der Waals surface area contributed by atoms with E-state index in [0.29, 0.717) is 16.9 Å². The molecule has 122 valence electrons. The van der Waals surface area contributed by atoms with Crippen LogP contribution in [-0.2, 0) is 17.8 Å². The minimum absolute atomic E-state index is 0.0600. The van der Waals surface area contributed by atoms with Crippen LogP contribution in [0.1, 0.15) is 28.7 Å². The van der Waals surface area contributed by atoms with Crippen molar-refractivity contribution in [1.29, 1.82) is 0 Å². The average molecular weight is 325 g/mol. The molecule has 2 aromatic carbocycles. The van der Waals surface area contributed by atoms with E-state index in [1.165, 1.54) is 18.3 Å². The van der Waals surface area contributed by atoms with Gasteiger partial charge in [-0.3, -0.25) is 0 Å². The van der Waals surface area contributed by atoms with Gasteiger partial charge in [0.25, 0.3) is 0 Å². The Morgan fingerprint density at radius 1 is 1.12 bits per heavy atom. The molecule has 0 atom stereocenters. The van der Waals surface area contributed by atoms with Crippen molar-refractivity contribution in [2.45, 2.75) is 20.0 Å². The van der Waals surface area contributed by atoms with Crippen LogP contribution in [0, 0.1) is 5.82 Å². The van der Waals surface area contributed by atoms with Gasteiger partial charge in [0.05, 0.1) is 11.8 Å². The number of esters is 1. The predicted molar refractivity (Wildman–Crippen MR) is 86.8 cm³/mol. The fourth-order valence-electron chi connectivity index (χ4n) is 2.21. The number of carbonyl (C=O) groups excluding carboxylic acids is 1. The van der Waals surface area contributed by atoms with E-state index in [1.807, 2.05) is 12.1 Å². The van der Waals surface area contributed by atoms with Gasteiger partial charge >= 0.3 is 5.97 Å². The molecule has 0 spiro atoms. The third-order valence-electron chi connectivity index (χ3n) is 3.61. The topological polar surface area (TPSA) is 52.3 Å². The number of hydrogen-bond donors (Lipinski definition) is 0. The Hall–Kier alpha value is -2.95. The van der Waals surface area contributed by atoms with Crippen LogP contribution < -0.4 is 0 Å². The van der Waals surface area contributed by atoms with Crippen LogP contribution >= 0.6 is 0 Å². The summed E-state index contributed by atoms with van der Waals surface area (Å²) in [5.74, 6) is 0.0295. The molecule has 0 N–H and O–H groups in total. The van der Waals surface area contributed by atoms with Crippen molar-refractivity contribution >= 4 is 5.97 Å². The lowest BCUT2D eigenvalue weighted by molar-refractivity contribution is 0.0439. The summed E-state index contributed by atoms with van der Waals surface area (Å²) in [5, 5.41) is 0. The maximum atomic E-state index is 12.9. The van der Waals surface area contributed by atoms with Crippen LogP contribution in [0.4, 0.5) is 4.39 Å². The Morgan fingerprint density at radius 2 is 1.83 bits per heavy atom. The van der Waals surface area contributed by atoms with Gasteiger partial charge in [-0.05, 0) is 48.4 Å². The second-order valence-corrected chi connectivity index (χ2v) is 5.25. The molecule has 24 heavy (non-hydrogen) atoms. The van der Waals surface area contributed by atoms with Crippen molar-refractivity contribution in [3.05, 3.63) is 77.6 Å². The van der Waals surface area contributed by atoms with Gasteiger partial charge in [0.1, 0.15) is 5.82 Å². The number of oxazole rings is 1. The van der Waals surface area contributed by atoms with E-state index in [9.17, 15) is 9.18 Å². The van der Waals surface area contributed by atoms with Gasteiger partial charge in [-0.1, -0.05) is 19.1 Å². The lowest BCUT2D eigenvalue weighted by Gasteiger charge is -2.03. The molecule has 5 heteroatoms. The Kier molecular flexibility index (Phi) is 4.70. The van der Waals surface area contributed by atoms with Crippen LogP contribution in [-0.4, -0.2) is 11.0 Å². The Labute approximate surface area is 138 Å². The first kappa shape index (κ1) is 15.9. The first-order chi connectivity index (χ1) is 11.7. The first-order valence-corrected chi connectivity index (χ1v) is 7.62. The van der Waals surface area contributed by atoms with E-state index < -0.39 is 5.97 Å². The third kappa shape index (κ3) is 3.68. The molecule has 3 aromatic rings. The smallest absolute Gasteiger partial charge is 0.338 e. The fraction of sp³-hybridized carbons (Fsp3) is 0.158. The fourth-order valence-corrected chi connectivity index (χ4v) is 2.21. The van der Waals surface area contributed by atoms with E-state index in [1.54, 1.807) is 24.3 Å². The number of hydrogen-bond acceptors (Lipinski definition) is 4. The van der Waals surface area contributed by atoms with Gasteiger partial charge in [0.2, 0.25) is 5.89 Å². The third-order valence-corrected chi connectivity index (χ3v) is 3.61. The van der Waals surface area contributed by atoms with Crippen molar-refractivity contribution in [2.75, 3.05) is 0 Å². The Morgan fingerprint density at radius 3 is 2.50 bits per heavy atom. The zero-order chi connectivity index (χ0) is 16.9. The largest absolute Gasteiger partial charge is 0.452 e. The highest BCUT2D eigenvalue weighted by molar-refractivity contribution is 5.89. The lowest BCUT2D eigenvalue weighted by Crippen LogP contribution is -2.05. The molecule has 0 saturated heterocycles. The minimum atomic E-state index is -0.431. The van der Waals surface area contributed by atoms with Crippen molar-refractivity contribution < 1.29 is 18.3 Å². The summed E-state index contributed by atoms with van der Waals surface area (Å²) in [6, 6.07) is 13.2. The van der Waals surface area contributed by atoms with Gasteiger partial charge in [-0.15, -0.1) is 0 Å². The van der Waals surface area contributed by atoms with Gasteiger partial charge in [0.15, 0.2) is 12.4 Å². The zero-order valence-electron chi connectivity index (χ0n) is 13.2. The van der Waals surface area contributed by atoms with E-state index in [2.05, 4.69) is 11.9 Å². The van der Waals surface area contributed by atoms with Crippen LogP contribution in [0.15, 0.2) is 59.1 Å². The summed E-state index contributed by atoms with van der Waals surface area (Å²) in [6.45, 7) is 1.99. The van der Waals surface area contributed by atoms with Gasteiger partial charge in [0, 0.05) is 5.56 Å². The molecule has 0 unspecified atom stereocenters. The van der Waals surface area contributed by atoms with Gasteiger partial charge < -0.3 is 9.15 Å². The average Bonchev–Trinajstić information content (AvgIpc) is 3.09. The highest BCUT2D eigenvalue weighted by atomic mass is 19.1. The SMILES string of the molecule is CCc1ccc(C(=O)OCc2ncc(-c3ccc(F)cc3)o2)cc1. The summed E-state index contributed by atoms with van der Waals surface area (Å²) < 4.78 is 23.6. The molecule has 3 rings (SSSR count). The quantitative estimate of drug-likeness (QED) is 0.652. The second kappa shape index (κ2) is 7.08. The molecule has 0 saturated carbocycles. The minimum Gasteiger partial charge on any atom is -0.452 e. The molecule has 0 aliphatic rings. The van der Waals surface area contributed by atoms with Crippen molar-refractivity contribution in [3.63, 3.8) is 0 Å². The molecule has 4 nitrogen and oxygen atoms in total. The van der Waals surface area contributed by atoms with Crippen molar-refractivity contribution in [3.8, 4) is 11.3 Å². The molecule has 0 bridgehead atoms. The van der Waals surface area contributed by atoms with E-state index in [0.717, 1.165) is 12.0 Å². The number of nitrogens with zero attached hydrogens (tertiary/aromatic N) is 1. The molecule has 0 amide bonds. The highest BCUT2D eigenvalue weighted by Gasteiger charge is 2.11. The van der Waals surface area contributed by atoms with Crippen LogP contribution in [0.5, 0.6) is 0 Å². The number of halogens is 1. The molecule has 1 aromatic heterocycles. The summed E-state index contributed by atoms with van der Waals surface area (Å²) in [7, 11) is 0. The molecule has 0 radical (unpaired) electrons. The number of ether oxygens (including phenoxy) is 1. The predicted octanol–water partition coefficient (Wildman–Crippen LogP) is 4.40. The lowest BCUT2D eigenvalue weighted by atomic mass is 10.1. The molecule has 0 aliphatic carbocycles. The standard InChI is InChI=1S/C19H16FNO3/c1-2-13-3-5-15(6-4-13)19(22)23-12-18-21-11-17(24-18)14-7-9-16(20)10-8-14/h3-11H,2,12H2,1H3. The second-order valence-electron chi connectivity index (χ2n) is 5.25. The summed E-state index contributed by atoms with van der Waals surface area (Å²) in [4.78, 5) is 16.1. The Bertz CT molecular complexity index is 823. The molecule has 0 aliphatic heterocycles. The summed E-state index contributed by atoms with van der Waals surface area (Å²) in [5.41, 5.74) is 2.34. The number of benzene rings is 2. The van der Waals surface area contributed by atoms with E-state index >= 15 is 0 Å². The van der Waals surface area contributed by atoms with Gasteiger partial charge in [-0.2, -0.15) is 0 Å². The zero-order valence-corrected chi connectivity index (χ0v) is 13.2. The number of aryl methyl sites for hydroxylation is 1. The molecule has 0 fully saturated rings. The van der Waals surface area contributed by atoms with Gasteiger partial charge in [-0.25, -0.2) is 14.2 Å². The summed E-state index contributed by atoms with van der Waals surface area (Å²) >= 11 is 0. The number of carbonyl (C=O) groups is 1. The number of rotatable bonds is 5. The molecular formula is C19H16FNO3. The van der Waals surface area contributed by atoms with Crippen LogP contribution in [0.25, 0.3) is 11.3 Å². The molecular weight excluding hydrogens is 309 g/mol. The monoisotopic (exact) mass is 325 g/mol. The normalized spacial score (nSPS) is 10.6. The first-order valence-electron chi connectivity index (χ1n) is 7.62. The van der Waals surface area contributed by atoms with Crippen molar-refractivity contribution in [1.82, 2.24) is 4.98 Å². The van der Waals surface area contributed by atoms with Crippen LogP contribution in [0.2, 0.25) is 0 Å². The summed E-state index contributed by atoms with van der Waals surface area (Å²) in [6.07, 6.45) is 2.43. The number of aromatic nitrogens is 1. The van der Waals surface area contributed by atoms with Crippen molar-refractivity contribution in [2.24, 2.45) is 0 Å².